The summed E-state index contributed by atoms with van der Waals surface area (Å²) in [6, 6.07) is 20.4. The number of benzene rings is 2. The second-order valence-electron chi connectivity index (χ2n) is 6.48. The summed E-state index contributed by atoms with van der Waals surface area (Å²) in [6.45, 7) is 2.90. The molecule has 0 bridgehead atoms. The van der Waals surface area contributed by atoms with Crippen LogP contribution in [0.25, 0.3) is 0 Å². The number of quaternary nitrogens is 1. The minimum Gasteiger partial charge on any atom is -0.467 e. The van der Waals surface area contributed by atoms with E-state index in [1.165, 1.54) is 17.6 Å². The molecule has 1 fully saturated rings. The van der Waals surface area contributed by atoms with Crippen LogP contribution in [0.5, 0.6) is 0 Å². The van der Waals surface area contributed by atoms with Gasteiger partial charge in [-0.2, -0.15) is 0 Å². The van der Waals surface area contributed by atoms with Gasteiger partial charge in [0.05, 0.1) is 20.2 Å². The van der Waals surface area contributed by atoms with Crippen molar-refractivity contribution in [2.75, 3.05) is 25.5 Å². The van der Waals surface area contributed by atoms with Crippen molar-refractivity contribution in [2.24, 2.45) is 0 Å². The van der Waals surface area contributed by atoms with Crippen molar-refractivity contribution in [1.82, 2.24) is 0 Å². The highest BCUT2D eigenvalue weighted by atomic mass is 16.5. The number of esters is 1. The smallest absolute Gasteiger partial charge is 0.331 e. The molecule has 1 saturated heterocycles. The van der Waals surface area contributed by atoms with Gasteiger partial charge in [0.2, 0.25) is 0 Å². The van der Waals surface area contributed by atoms with E-state index in [2.05, 4.69) is 29.6 Å². The number of anilines is 1. The molecular formula is C20H25N2O2+. The molecule has 4 heteroatoms. The number of hydrogen-bond donors (Lipinski definition) is 2. The van der Waals surface area contributed by atoms with Gasteiger partial charge in [0.15, 0.2) is 0 Å². The van der Waals surface area contributed by atoms with E-state index in [-0.39, 0.29) is 5.97 Å². The molecule has 0 spiro atoms. The van der Waals surface area contributed by atoms with Gasteiger partial charge < -0.3 is 15.0 Å². The average Bonchev–Trinajstić information content (AvgIpc) is 2.64. The first kappa shape index (κ1) is 16.5. The zero-order chi connectivity index (χ0) is 16.8. The zero-order valence-corrected chi connectivity index (χ0v) is 14.1. The van der Waals surface area contributed by atoms with Gasteiger partial charge in [-0.25, -0.2) is 4.79 Å². The van der Waals surface area contributed by atoms with E-state index >= 15 is 0 Å². The second kappa shape index (κ2) is 7.49. The van der Waals surface area contributed by atoms with Gasteiger partial charge in [0, 0.05) is 24.1 Å². The summed E-state index contributed by atoms with van der Waals surface area (Å²) < 4.78 is 5.11. The third-order valence-electron chi connectivity index (χ3n) is 4.84. The third-order valence-corrected chi connectivity index (χ3v) is 4.84. The average molecular weight is 325 g/mol. The maximum Gasteiger partial charge on any atom is 0.331 e. The Morgan fingerprint density at radius 1 is 1.04 bits per heavy atom. The molecule has 0 aliphatic carbocycles. The molecule has 2 N–H and O–H groups in total. The molecular weight excluding hydrogens is 300 g/mol. The van der Waals surface area contributed by atoms with Crippen LogP contribution >= 0.6 is 0 Å². The first-order valence-corrected chi connectivity index (χ1v) is 8.51. The summed E-state index contributed by atoms with van der Waals surface area (Å²) >= 11 is 0. The summed E-state index contributed by atoms with van der Waals surface area (Å²) in [5.41, 5.74) is 1.69. The number of rotatable bonds is 5. The minimum absolute atomic E-state index is 0.162. The molecule has 0 saturated carbocycles. The fourth-order valence-corrected chi connectivity index (χ4v) is 3.46. The number of piperidine rings is 1. The Bertz CT molecular complexity index is 650. The molecule has 4 nitrogen and oxygen atoms in total. The van der Waals surface area contributed by atoms with E-state index < -0.39 is 5.54 Å². The summed E-state index contributed by atoms with van der Waals surface area (Å²) in [6.07, 6.45) is 1.55. The van der Waals surface area contributed by atoms with Crippen LogP contribution in [0.4, 0.5) is 5.69 Å². The van der Waals surface area contributed by atoms with E-state index in [1.807, 2.05) is 36.4 Å². The van der Waals surface area contributed by atoms with E-state index in [4.69, 9.17) is 4.74 Å². The molecule has 3 rings (SSSR count). The largest absolute Gasteiger partial charge is 0.467 e. The zero-order valence-electron chi connectivity index (χ0n) is 14.1. The maximum absolute atomic E-state index is 12.5. The number of methoxy groups -OCH3 is 1. The monoisotopic (exact) mass is 325 g/mol. The van der Waals surface area contributed by atoms with E-state index in [9.17, 15) is 4.79 Å². The van der Waals surface area contributed by atoms with Crippen LogP contribution in [0.2, 0.25) is 0 Å². The summed E-state index contributed by atoms with van der Waals surface area (Å²) in [5, 5.41) is 3.44. The van der Waals surface area contributed by atoms with Crippen LogP contribution in [0, 0.1) is 0 Å². The third kappa shape index (κ3) is 3.77. The van der Waals surface area contributed by atoms with Crippen LogP contribution in [-0.4, -0.2) is 31.7 Å². The van der Waals surface area contributed by atoms with Crippen LogP contribution in [0.1, 0.15) is 18.4 Å². The summed E-state index contributed by atoms with van der Waals surface area (Å²) in [5.74, 6) is -0.162. The number of likely N-dealkylation sites (tertiary alicyclic amines) is 1. The molecule has 0 amide bonds. The number of carbonyl (C=O) groups is 1. The van der Waals surface area contributed by atoms with Gasteiger partial charge in [-0.15, -0.1) is 0 Å². The van der Waals surface area contributed by atoms with Gasteiger partial charge in [0.25, 0.3) is 0 Å². The predicted octanol–water partition coefficient (Wildman–Crippen LogP) is 1.89. The van der Waals surface area contributed by atoms with Crippen LogP contribution in [-0.2, 0) is 16.1 Å². The molecule has 1 heterocycles. The van der Waals surface area contributed by atoms with Gasteiger partial charge in [-0.05, 0) is 12.1 Å². The van der Waals surface area contributed by atoms with Crippen LogP contribution < -0.4 is 10.2 Å². The van der Waals surface area contributed by atoms with E-state index in [1.54, 1.807) is 0 Å². The molecule has 1 aliphatic rings. The normalized spacial score (nSPS) is 23.5. The first-order chi connectivity index (χ1) is 11.7. The SMILES string of the molecule is COC(=O)C1(Nc2ccccc2)CC[NH+](Cc2ccccc2)CC1. The fraction of sp³-hybridized carbons (Fsp3) is 0.350. The van der Waals surface area contributed by atoms with Gasteiger partial charge in [-0.1, -0.05) is 48.5 Å². The first-order valence-electron chi connectivity index (χ1n) is 8.51. The predicted molar refractivity (Wildman–Crippen MR) is 94.9 cm³/mol. The Kier molecular flexibility index (Phi) is 5.16. The molecule has 0 atom stereocenters. The van der Waals surface area contributed by atoms with Crippen LogP contribution in [0.3, 0.4) is 0 Å². The molecule has 24 heavy (non-hydrogen) atoms. The van der Waals surface area contributed by atoms with E-state index in [0.29, 0.717) is 0 Å². The lowest BCUT2D eigenvalue weighted by Crippen LogP contribution is -3.12. The topological polar surface area (TPSA) is 42.8 Å². The standard InChI is InChI=1S/C20H24N2O2/c1-24-19(23)20(21-18-10-6-3-7-11-18)12-14-22(15-13-20)16-17-8-4-2-5-9-17/h2-11,21H,12-16H2,1H3/p+1. The Hall–Kier alpha value is -2.33. The van der Waals surface area contributed by atoms with Crippen molar-refractivity contribution < 1.29 is 14.4 Å². The number of carbonyl (C=O) groups excluding carboxylic acids is 1. The Morgan fingerprint density at radius 2 is 1.62 bits per heavy atom. The van der Waals surface area contributed by atoms with Crippen molar-refractivity contribution in [2.45, 2.75) is 24.9 Å². The quantitative estimate of drug-likeness (QED) is 0.825. The maximum atomic E-state index is 12.5. The Labute approximate surface area is 143 Å². The Morgan fingerprint density at radius 3 is 2.21 bits per heavy atom. The van der Waals surface area contributed by atoms with E-state index in [0.717, 1.165) is 38.2 Å². The second-order valence-corrected chi connectivity index (χ2v) is 6.48. The summed E-state index contributed by atoms with van der Waals surface area (Å²) in [7, 11) is 1.47. The molecule has 0 unspecified atom stereocenters. The van der Waals surface area contributed by atoms with Crippen molar-refractivity contribution >= 4 is 11.7 Å². The fourth-order valence-electron chi connectivity index (χ4n) is 3.46. The molecule has 1 aliphatic heterocycles. The lowest BCUT2D eigenvalue weighted by Gasteiger charge is -2.38. The van der Waals surface area contributed by atoms with Crippen molar-refractivity contribution in [3.8, 4) is 0 Å². The van der Waals surface area contributed by atoms with Gasteiger partial charge >= 0.3 is 5.97 Å². The molecule has 2 aromatic carbocycles. The molecule has 0 aromatic heterocycles. The minimum atomic E-state index is -0.615. The number of hydrogen-bond acceptors (Lipinski definition) is 3. The van der Waals surface area contributed by atoms with Crippen molar-refractivity contribution in [1.29, 1.82) is 0 Å². The van der Waals surface area contributed by atoms with Crippen molar-refractivity contribution in [3.05, 3.63) is 66.2 Å². The lowest BCUT2D eigenvalue weighted by molar-refractivity contribution is -0.919. The number of ether oxygens (including phenoxy) is 1. The highest BCUT2D eigenvalue weighted by Crippen LogP contribution is 2.25. The lowest BCUT2D eigenvalue weighted by atomic mass is 9.86. The number of para-hydroxylation sites is 1. The highest BCUT2D eigenvalue weighted by Gasteiger charge is 2.44. The highest BCUT2D eigenvalue weighted by molar-refractivity contribution is 5.84. The van der Waals surface area contributed by atoms with Crippen molar-refractivity contribution in [3.63, 3.8) is 0 Å². The molecule has 0 radical (unpaired) electrons. The molecule has 126 valence electrons. The van der Waals surface area contributed by atoms with Crippen LogP contribution in [0.15, 0.2) is 60.7 Å². The Balaban J connectivity index is 1.68. The van der Waals surface area contributed by atoms with Gasteiger partial charge in [0.1, 0.15) is 12.1 Å². The number of nitrogens with one attached hydrogen (secondary N) is 2. The summed E-state index contributed by atoms with van der Waals surface area (Å²) in [4.78, 5) is 14.0. The van der Waals surface area contributed by atoms with Gasteiger partial charge in [-0.3, -0.25) is 0 Å². The molecule has 2 aromatic rings.